The third kappa shape index (κ3) is 2.18. The summed E-state index contributed by atoms with van der Waals surface area (Å²) in [6.45, 7) is 0.365. The van der Waals surface area contributed by atoms with Gasteiger partial charge in [0.05, 0.1) is 19.3 Å². The van der Waals surface area contributed by atoms with E-state index in [4.69, 9.17) is 9.94 Å². The lowest BCUT2D eigenvalue weighted by Gasteiger charge is -2.10. The molecule has 1 rings (SSSR count). The molecule has 1 aromatic rings. The summed E-state index contributed by atoms with van der Waals surface area (Å²) in [5.41, 5.74) is 0.727. The van der Waals surface area contributed by atoms with Gasteiger partial charge in [-0.3, -0.25) is 4.98 Å². The zero-order valence-electron chi connectivity index (χ0n) is 7.19. The van der Waals surface area contributed by atoms with Crippen LogP contribution in [0.1, 0.15) is 5.69 Å². The molecule has 66 valence electrons. The molecule has 0 unspecified atom stereocenters. The van der Waals surface area contributed by atoms with Crippen LogP contribution in [0.15, 0.2) is 18.3 Å². The summed E-state index contributed by atoms with van der Waals surface area (Å²) in [5, 5.41) is 10.0. The van der Waals surface area contributed by atoms with E-state index in [0.717, 1.165) is 10.8 Å². The van der Waals surface area contributed by atoms with Gasteiger partial charge < -0.3 is 9.94 Å². The minimum Gasteiger partial charge on any atom is -0.495 e. The largest absolute Gasteiger partial charge is 0.495 e. The van der Waals surface area contributed by atoms with E-state index in [0.29, 0.717) is 12.3 Å². The lowest BCUT2D eigenvalue weighted by molar-refractivity contribution is -0.0744. The van der Waals surface area contributed by atoms with E-state index in [1.165, 1.54) is 0 Å². The molecule has 0 saturated heterocycles. The number of pyridine rings is 1. The number of ether oxygens (including phenoxy) is 1. The molecule has 0 aliphatic carbocycles. The summed E-state index contributed by atoms with van der Waals surface area (Å²) in [6.07, 6.45) is 1.67. The van der Waals surface area contributed by atoms with Crippen LogP contribution in [-0.4, -0.2) is 29.4 Å². The van der Waals surface area contributed by atoms with Gasteiger partial charge >= 0.3 is 0 Å². The highest BCUT2D eigenvalue weighted by Crippen LogP contribution is 2.14. The van der Waals surface area contributed by atoms with Crippen molar-refractivity contribution < 1.29 is 9.94 Å². The maximum Gasteiger partial charge on any atom is 0.141 e. The first-order chi connectivity index (χ1) is 5.74. The second-order valence-corrected chi connectivity index (χ2v) is 2.47. The van der Waals surface area contributed by atoms with E-state index in [1.54, 1.807) is 26.4 Å². The van der Waals surface area contributed by atoms with Gasteiger partial charge in [0.1, 0.15) is 5.75 Å². The van der Waals surface area contributed by atoms with E-state index in [1.807, 2.05) is 6.07 Å². The Morgan fingerprint density at radius 3 is 3.00 bits per heavy atom. The zero-order valence-corrected chi connectivity index (χ0v) is 7.19. The highest BCUT2D eigenvalue weighted by molar-refractivity contribution is 5.26. The molecule has 0 radical (unpaired) electrons. The van der Waals surface area contributed by atoms with Crippen LogP contribution in [0, 0.1) is 0 Å². The molecule has 0 spiro atoms. The molecule has 0 aromatic carbocycles. The summed E-state index contributed by atoms with van der Waals surface area (Å²) in [7, 11) is 3.14. The Bertz CT molecular complexity index is 251. The molecule has 0 aliphatic rings. The minimum absolute atomic E-state index is 0.365. The third-order valence-electron chi connectivity index (χ3n) is 1.45. The van der Waals surface area contributed by atoms with Gasteiger partial charge in [0.15, 0.2) is 0 Å². The Morgan fingerprint density at radius 2 is 2.42 bits per heavy atom. The first-order valence-electron chi connectivity index (χ1n) is 3.62. The van der Waals surface area contributed by atoms with Gasteiger partial charge in [0, 0.05) is 13.2 Å². The topological polar surface area (TPSA) is 45.6 Å². The van der Waals surface area contributed by atoms with Crippen molar-refractivity contribution in [2.45, 2.75) is 6.54 Å². The van der Waals surface area contributed by atoms with Crippen molar-refractivity contribution in [1.29, 1.82) is 0 Å². The number of hydroxylamine groups is 2. The average Bonchev–Trinajstić information content (AvgIpc) is 2.04. The number of nitrogens with zero attached hydrogens (tertiary/aromatic N) is 2. The average molecular weight is 168 g/mol. The summed E-state index contributed by atoms with van der Waals surface area (Å²) in [5.74, 6) is 0.693. The Hall–Kier alpha value is -1.13. The predicted octanol–water partition coefficient (Wildman–Crippen LogP) is 0.911. The van der Waals surface area contributed by atoms with Crippen LogP contribution in [0.4, 0.5) is 0 Å². The van der Waals surface area contributed by atoms with Gasteiger partial charge in [0.25, 0.3) is 0 Å². The number of rotatable bonds is 3. The van der Waals surface area contributed by atoms with Crippen molar-refractivity contribution in [1.82, 2.24) is 10.0 Å². The van der Waals surface area contributed by atoms with Crippen LogP contribution in [0.5, 0.6) is 5.75 Å². The monoisotopic (exact) mass is 168 g/mol. The van der Waals surface area contributed by atoms with Gasteiger partial charge in [0.2, 0.25) is 0 Å². The van der Waals surface area contributed by atoms with E-state index >= 15 is 0 Å². The fourth-order valence-electron chi connectivity index (χ4n) is 0.945. The van der Waals surface area contributed by atoms with Crippen molar-refractivity contribution in [3.63, 3.8) is 0 Å². The summed E-state index contributed by atoms with van der Waals surface area (Å²) in [6, 6.07) is 3.60. The molecule has 0 aliphatic heterocycles. The van der Waals surface area contributed by atoms with Gasteiger partial charge in [-0.25, -0.2) is 0 Å². The van der Waals surface area contributed by atoms with Crippen molar-refractivity contribution in [3.8, 4) is 5.75 Å². The van der Waals surface area contributed by atoms with Gasteiger partial charge in [-0.15, -0.1) is 0 Å². The smallest absolute Gasteiger partial charge is 0.141 e. The molecular formula is C8H12N2O2. The number of methoxy groups -OCH3 is 1. The molecule has 0 amide bonds. The Labute approximate surface area is 71.4 Å². The van der Waals surface area contributed by atoms with Crippen LogP contribution in [0.3, 0.4) is 0 Å². The Kier molecular flexibility index (Phi) is 3.01. The quantitative estimate of drug-likeness (QED) is 0.681. The van der Waals surface area contributed by atoms with Crippen LogP contribution in [0.25, 0.3) is 0 Å². The fraction of sp³-hybridized carbons (Fsp3) is 0.375. The molecular weight excluding hydrogens is 156 g/mol. The second-order valence-electron chi connectivity index (χ2n) is 2.47. The standard InChI is InChI=1S/C8H12N2O2/c1-10(11)6-7-8(12-2)4-3-5-9-7/h3-5,11H,6H2,1-2H3. The molecule has 0 saturated carbocycles. The number of hydrogen-bond acceptors (Lipinski definition) is 4. The normalized spacial score (nSPS) is 10.3. The van der Waals surface area contributed by atoms with E-state index in [-0.39, 0.29) is 0 Å². The lowest BCUT2D eigenvalue weighted by Crippen LogP contribution is -2.13. The van der Waals surface area contributed by atoms with Crippen molar-refractivity contribution >= 4 is 0 Å². The van der Waals surface area contributed by atoms with Crippen molar-refractivity contribution in [2.75, 3.05) is 14.2 Å². The molecule has 4 nitrogen and oxygen atoms in total. The van der Waals surface area contributed by atoms with Crippen LogP contribution in [-0.2, 0) is 6.54 Å². The SMILES string of the molecule is COc1cccnc1CN(C)O. The first-order valence-corrected chi connectivity index (χ1v) is 3.62. The van der Waals surface area contributed by atoms with E-state index < -0.39 is 0 Å². The van der Waals surface area contributed by atoms with E-state index in [9.17, 15) is 0 Å². The third-order valence-corrected chi connectivity index (χ3v) is 1.45. The summed E-state index contributed by atoms with van der Waals surface area (Å²) < 4.78 is 5.05. The molecule has 0 bridgehead atoms. The zero-order chi connectivity index (χ0) is 8.97. The van der Waals surface area contributed by atoms with Crippen LogP contribution in [0.2, 0.25) is 0 Å². The van der Waals surface area contributed by atoms with Crippen LogP contribution < -0.4 is 4.74 Å². The second kappa shape index (κ2) is 4.04. The van der Waals surface area contributed by atoms with Gasteiger partial charge in [-0.1, -0.05) is 0 Å². The molecule has 4 heteroatoms. The first kappa shape index (κ1) is 8.96. The number of hydrogen-bond donors (Lipinski definition) is 1. The predicted molar refractivity (Wildman–Crippen MR) is 44.0 cm³/mol. The molecule has 0 atom stereocenters. The molecule has 0 fully saturated rings. The molecule has 12 heavy (non-hydrogen) atoms. The highest BCUT2D eigenvalue weighted by atomic mass is 16.5. The minimum atomic E-state index is 0.365. The van der Waals surface area contributed by atoms with Crippen LogP contribution >= 0.6 is 0 Å². The Morgan fingerprint density at radius 1 is 1.67 bits per heavy atom. The molecule has 1 aromatic heterocycles. The summed E-state index contributed by atoms with van der Waals surface area (Å²) >= 11 is 0. The Balaban J connectivity index is 2.82. The lowest BCUT2D eigenvalue weighted by atomic mass is 10.3. The molecule has 1 heterocycles. The highest BCUT2D eigenvalue weighted by Gasteiger charge is 2.04. The van der Waals surface area contributed by atoms with E-state index in [2.05, 4.69) is 4.98 Å². The maximum atomic E-state index is 8.96. The molecule has 1 N–H and O–H groups in total. The van der Waals surface area contributed by atoms with Gasteiger partial charge in [-0.05, 0) is 12.1 Å². The van der Waals surface area contributed by atoms with Crippen molar-refractivity contribution in [2.24, 2.45) is 0 Å². The summed E-state index contributed by atoms with van der Waals surface area (Å²) in [4.78, 5) is 4.06. The van der Waals surface area contributed by atoms with Gasteiger partial charge in [-0.2, -0.15) is 5.06 Å². The fourth-order valence-corrected chi connectivity index (χ4v) is 0.945. The maximum absolute atomic E-state index is 8.96. The van der Waals surface area contributed by atoms with Crippen molar-refractivity contribution in [3.05, 3.63) is 24.0 Å². The number of aromatic nitrogens is 1.